The quantitative estimate of drug-likeness (QED) is 0.631. The number of hydrogen-bond acceptors (Lipinski definition) is 7. The van der Waals surface area contributed by atoms with Gasteiger partial charge in [0.1, 0.15) is 11.4 Å². The van der Waals surface area contributed by atoms with Gasteiger partial charge in [0.25, 0.3) is 0 Å². The summed E-state index contributed by atoms with van der Waals surface area (Å²) in [6, 6.07) is 1.27. The number of nitrogens with one attached hydrogen (secondary N) is 1. The van der Waals surface area contributed by atoms with Gasteiger partial charge < -0.3 is 29.7 Å². The van der Waals surface area contributed by atoms with Crippen molar-refractivity contribution in [3.63, 3.8) is 0 Å². The number of benzene rings is 1. The Labute approximate surface area is 175 Å². The molecule has 1 spiro atoms. The van der Waals surface area contributed by atoms with Crippen LogP contribution >= 0.6 is 0 Å². The highest BCUT2D eigenvalue weighted by atomic mass is 16.5. The lowest BCUT2D eigenvalue weighted by Gasteiger charge is -2.56. The summed E-state index contributed by atoms with van der Waals surface area (Å²) >= 11 is 0. The Bertz CT molecular complexity index is 961. The van der Waals surface area contributed by atoms with Crippen molar-refractivity contribution in [2.75, 3.05) is 39.8 Å². The Hall–Kier alpha value is -2.29. The summed E-state index contributed by atoms with van der Waals surface area (Å²) < 4.78 is 16.9. The molecule has 0 saturated carbocycles. The van der Waals surface area contributed by atoms with E-state index in [1.807, 2.05) is 13.0 Å². The van der Waals surface area contributed by atoms with Crippen LogP contribution in [-0.4, -0.2) is 73.2 Å². The summed E-state index contributed by atoms with van der Waals surface area (Å²) in [6.07, 6.45) is 3.01. The zero-order valence-electron chi connectivity index (χ0n) is 17.7. The van der Waals surface area contributed by atoms with Crippen LogP contribution in [0.3, 0.4) is 0 Å². The zero-order valence-corrected chi connectivity index (χ0v) is 17.7. The van der Waals surface area contributed by atoms with Crippen LogP contribution in [0.1, 0.15) is 25.3 Å². The molecule has 1 amide bonds. The van der Waals surface area contributed by atoms with Crippen molar-refractivity contribution in [2.24, 2.45) is 5.92 Å². The van der Waals surface area contributed by atoms with Gasteiger partial charge in [-0.1, -0.05) is 11.6 Å². The van der Waals surface area contributed by atoms with Gasteiger partial charge in [0, 0.05) is 36.2 Å². The van der Waals surface area contributed by atoms with Gasteiger partial charge in [-0.15, -0.1) is 0 Å². The molecular formula is C22H28N2O6. The third kappa shape index (κ3) is 2.04. The van der Waals surface area contributed by atoms with Crippen LogP contribution in [0.5, 0.6) is 17.2 Å². The maximum absolute atomic E-state index is 13.6. The zero-order chi connectivity index (χ0) is 21.4. The molecular weight excluding hydrogens is 388 g/mol. The molecule has 3 N–H and O–H groups in total. The predicted molar refractivity (Wildman–Crippen MR) is 109 cm³/mol. The molecule has 5 heterocycles. The number of amides is 1. The van der Waals surface area contributed by atoms with Crippen molar-refractivity contribution in [1.82, 2.24) is 4.90 Å². The Morgan fingerprint density at radius 1 is 1.23 bits per heavy atom. The summed E-state index contributed by atoms with van der Waals surface area (Å²) in [7, 11) is 4.68. The number of allylic oxidation sites excluding steroid dienone is 1. The Morgan fingerprint density at radius 3 is 2.57 bits per heavy atom. The first kappa shape index (κ1) is 19.7. The molecule has 4 bridgehead atoms. The van der Waals surface area contributed by atoms with Crippen LogP contribution in [0.25, 0.3) is 0 Å². The van der Waals surface area contributed by atoms with Crippen LogP contribution in [0.15, 0.2) is 17.7 Å². The second-order valence-corrected chi connectivity index (χ2v) is 8.70. The van der Waals surface area contributed by atoms with Crippen molar-refractivity contribution in [1.29, 1.82) is 0 Å². The molecule has 5 aliphatic rings. The van der Waals surface area contributed by atoms with Crippen molar-refractivity contribution >= 4 is 11.6 Å². The van der Waals surface area contributed by atoms with Crippen LogP contribution in [-0.2, 0) is 10.2 Å². The monoisotopic (exact) mass is 416 g/mol. The smallest absolute Gasteiger partial charge is 0.237 e. The van der Waals surface area contributed by atoms with Crippen molar-refractivity contribution in [3.8, 4) is 17.2 Å². The van der Waals surface area contributed by atoms with Gasteiger partial charge in [-0.3, -0.25) is 9.69 Å². The molecule has 0 aromatic heterocycles. The molecule has 0 aliphatic carbocycles. The highest BCUT2D eigenvalue weighted by Gasteiger charge is 2.72. The number of nitrogens with zero attached hydrogens (tertiary/aromatic N) is 1. The topological polar surface area (TPSA) is 100 Å². The summed E-state index contributed by atoms with van der Waals surface area (Å²) in [5, 5.41) is 24.7. The van der Waals surface area contributed by atoms with Crippen LogP contribution < -0.4 is 19.5 Å². The highest BCUT2D eigenvalue weighted by Crippen LogP contribution is 2.65. The molecule has 1 aromatic rings. The van der Waals surface area contributed by atoms with Gasteiger partial charge in [0.05, 0.1) is 39.0 Å². The standard InChI is InChI=1S/C22H28N2O6/c1-5-11-9-24-15-6-12(11)22(27,10-25)16(24)8-21(15)17-18(23-20(21)26)13(28-2)7-14(29-3)19(17)30-4/h5,7,12,15-16,25,27H,6,8-10H2,1-4H3,(H,23,26). The minimum atomic E-state index is -1.28. The average molecular weight is 416 g/mol. The minimum absolute atomic E-state index is 0.116. The van der Waals surface area contributed by atoms with E-state index in [0.29, 0.717) is 42.3 Å². The maximum Gasteiger partial charge on any atom is 0.237 e. The van der Waals surface area contributed by atoms with Gasteiger partial charge in [0.15, 0.2) is 11.5 Å². The fourth-order valence-corrected chi connectivity index (χ4v) is 6.57. The van der Waals surface area contributed by atoms with Crippen molar-refractivity contribution in [2.45, 2.75) is 42.9 Å². The number of methoxy groups -OCH3 is 3. The number of hydrogen-bond donors (Lipinski definition) is 3. The van der Waals surface area contributed by atoms with E-state index in [2.05, 4.69) is 10.2 Å². The van der Waals surface area contributed by atoms with Crippen molar-refractivity contribution < 1.29 is 29.2 Å². The number of aliphatic hydroxyl groups is 2. The molecule has 30 heavy (non-hydrogen) atoms. The average Bonchev–Trinajstić information content (AvgIpc) is 3.23. The molecule has 162 valence electrons. The van der Waals surface area contributed by atoms with Gasteiger partial charge in [0.2, 0.25) is 5.91 Å². The van der Waals surface area contributed by atoms with E-state index in [-0.39, 0.29) is 30.5 Å². The third-order valence-electron chi connectivity index (χ3n) is 7.90. The number of carbonyl (C=O) groups excluding carboxylic acids is 1. The molecule has 8 nitrogen and oxygen atoms in total. The Balaban J connectivity index is 1.75. The van der Waals surface area contributed by atoms with E-state index in [9.17, 15) is 15.0 Å². The van der Waals surface area contributed by atoms with E-state index >= 15 is 0 Å². The molecule has 0 radical (unpaired) electrons. The molecule has 6 rings (SSSR count). The first-order chi connectivity index (χ1) is 14.4. The second kappa shape index (κ2) is 6.35. The van der Waals surface area contributed by atoms with Gasteiger partial charge >= 0.3 is 0 Å². The fraction of sp³-hybridized carbons (Fsp3) is 0.591. The molecule has 5 aliphatic heterocycles. The van der Waals surface area contributed by atoms with E-state index in [0.717, 1.165) is 11.1 Å². The lowest BCUT2D eigenvalue weighted by Crippen LogP contribution is -2.68. The van der Waals surface area contributed by atoms with E-state index < -0.39 is 11.0 Å². The maximum atomic E-state index is 13.6. The normalized spacial score (nSPS) is 39.4. The number of piperidine rings is 3. The third-order valence-corrected chi connectivity index (χ3v) is 7.90. The highest BCUT2D eigenvalue weighted by molar-refractivity contribution is 6.10. The summed E-state index contributed by atoms with van der Waals surface area (Å²) in [5.41, 5.74) is 0.256. The molecule has 8 heteroatoms. The molecule has 6 unspecified atom stereocenters. The molecule has 6 atom stereocenters. The van der Waals surface area contributed by atoms with Crippen molar-refractivity contribution in [3.05, 3.63) is 23.3 Å². The van der Waals surface area contributed by atoms with Crippen LogP contribution in [0.4, 0.5) is 5.69 Å². The molecule has 4 saturated heterocycles. The van der Waals surface area contributed by atoms with Crippen LogP contribution in [0, 0.1) is 5.92 Å². The van der Waals surface area contributed by atoms with Gasteiger partial charge in [-0.05, 0) is 19.8 Å². The number of carbonyl (C=O) groups is 1. The molecule has 1 aromatic carbocycles. The number of ether oxygens (including phenoxy) is 3. The largest absolute Gasteiger partial charge is 0.494 e. The first-order valence-corrected chi connectivity index (χ1v) is 10.3. The number of fused-ring (bicyclic) bond motifs is 3. The minimum Gasteiger partial charge on any atom is -0.494 e. The summed E-state index contributed by atoms with van der Waals surface area (Å²) in [5.74, 6) is 1.22. The lowest BCUT2D eigenvalue weighted by molar-refractivity contribution is -0.153. The van der Waals surface area contributed by atoms with E-state index in [1.165, 1.54) is 0 Å². The Morgan fingerprint density at radius 2 is 1.97 bits per heavy atom. The second-order valence-electron chi connectivity index (χ2n) is 8.70. The number of anilines is 1. The fourth-order valence-electron chi connectivity index (χ4n) is 6.57. The summed E-state index contributed by atoms with van der Waals surface area (Å²) in [6.45, 7) is 2.31. The summed E-state index contributed by atoms with van der Waals surface area (Å²) in [4.78, 5) is 15.8. The number of aliphatic hydroxyl groups excluding tert-OH is 1. The predicted octanol–water partition coefficient (Wildman–Crippen LogP) is 1.05. The Kier molecular flexibility index (Phi) is 4.16. The first-order valence-electron chi connectivity index (χ1n) is 10.3. The van der Waals surface area contributed by atoms with Gasteiger partial charge in [-0.2, -0.15) is 0 Å². The molecule has 4 fully saturated rings. The van der Waals surface area contributed by atoms with Crippen LogP contribution in [0.2, 0.25) is 0 Å². The number of rotatable bonds is 4. The van der Waals surface area contributed by atoms with Gasteiger partial charge in [-0.25, -0.2) is 0 Å². The lowest BCUT2D eigenvalue weighted by atomic mass is 9.67. The van der Waals surface area contributed by atoms with E-state index in [4.69, 9.17) is 14.2 Å². The van der Waals surface area contributed by atoms with E-state index in [1.54, 1.807) is 27.4 Å². The SMILES string of the molecule is CC=C1CN2C3CC1C(O)(CO)C2CC31C(=O)Nc2c(OC)cc(OC)c(OC)c21.